The number of nitrogens with zero attached hydrogens (tertiary/aromatic N) is 3. The van der Waals surface area contributed by atoms with Crippen molar-refractivity contribution < 1.29 is 18.8 Å². The van der Waals surface area contributed by atoms with Gasteiger partial charge in [-0.2, -0.15) is 0 Å². The summed E-state index contributed by atoms with van der Waals surface area (Å²) in [4.78, 5) is 33.4. The molecule has 2 amide bonds. The molecular weight excluding hydrogens is 464 g/mol. The standard InChI is InChI=1S/C26H32N4O4S/c1-16-10-20(34-29-16)12-23(31)30-14-21(33-26(3,4)5)11-22(30)25(32)27-13-18-6-8-19(9-7-18)24-17(2)28-15-35-24/h6-10,15,21-22H,11-14H2,1-5H3,(H,27,32)/t21?,22-/m0/s1. The molecule has 2 aromatic heterocycles. The van der Waals surface area contributed by atoms with E-state index in [1.54, 1.807) is 22.3 Å². The second-order valence-electron chi connectivity index (χ2n) is 9.94. The van der Waals surface area contributed by atoms with Crippen molar-refractivity contribution >= 4 is 23.2 Å². The highest BCUT2D eigenvalue weighted by Gasteiger charge is 2.41. The Morgan fingerprint density at radius 3 is 2.57 bits per heavy atom. The van der Waals surface area contributed by atoms with Crippen LogP contribution in [-0.4, -0.2) is 51.1 Å². The van der Waals surface area contributed by atoms with E-state index < -0.39 is 6.04 Å². The Kier molecular flexibility index (Phi) is 7.37. The van der Waals surface area contributed by atoms with E-state index in [1.165, 1.54) is 0 Å². The summed E-state index contributed by atoms with van der Waals surface area (Å²) in [7, 11) is 0. The summed E-state index contributed by atoms with van der Waals surface area (Å²) < 4.78 is 11.3. The number of thiazole rings is 1. The Morgan fingerprint density at radius 2 is 1.97 bits per heavy atom. The average Bonchev–Trinajstić information content (AvgIpc) is 3.51. The first kappa shape index (κ1) is 25.1. The quantitative estimate of drug-likeness (QED) is 0.530. The molecule has 0 spiro atoms. The lowest BCUT2D eigenvalue weighted by Gasteiger charge is -2.25. The molecule has 0 bridgehead atoms. The third-order valence-corrected chi connectivity index (χ3v) is 6.81. The van der Waals surface area contributed by atoms with E-state index in [0.29, 0.717) is 31.0 Å². The Hall–Kier alpha value is -3.04. The summed E-state index contributed by atoms with van der Waals surface area (Å²) in [5.74, 6) is 0.128. The molecule has 0 radical (unpaired) electrons. The summed E-state index contributed by atoms with van der Waals surface area (Å²) in [6.45, 7) is 10.5. The molecule has 1 saturated heterocycles. The number of aryl methyl sites for hydroxylation is 2. The fourth-order valence-corrected chi connectivity index (χ4v) is 5.13. The Morgan fingerprint density at radius 1 is 1.23 bits per heavy atom. The minimum Gasteiger partial charge on any atom is -0.371 e. The molecule has 9 heteroatoms. The summed E-state index contributed by atoms with van der Waals surface area (Å²) in [6.07, 6.45) is 0.298. The zero-order valence-corrected chi connectivity index (χ0v) is 21.6. The van der Waals surface area contributed by atoms with E-state index in [2.05, 4.69) is 15.5 Å². The zero-order valence-electron chi connectivity index (χ0n) is 20.8. The van der Waals surface area contributed by atoms with Gasteiger partial charge in [-0.05, 0) is 45.7 Å². The number of rotatable bonds is 7. The van der Waals surface area contributed by atoms with Gasteiger partial charge in [-0.25, -0.2) is 4.98 Å². The Labute approximate surface area is 209 Å². The molecule has 1 fully saturated rings. The van der Waals surface area contributed by atoms with E-state index in [0.717, 1.165) is 21.7 Å². The lowest BCUT2D eigenvalue weighted by molar-refractivity contribution is -0.138. The maximum atomic E-state index is 13.2. The number of nitrogens with one attached hydrogen (secondary N) is 1. The molecule has 1 unspecified atom stereocenters. The van der Waals surface area contributed by atoms with Crippen LogP contribution in [0.4, 0.5) is 0 Å². The largest absolute Gasteiger partial charge is 0.371 e. The van der Waals surface area contributed by atoms with Crippen molar-refractivity contribution in [2.24, 2.45) is 0 Å². The van der Waals surface area contributed by atoms with Gasteiger partial charge in [0, 0.05) is 25.6 Å². The number of hydrogen-bond donors (Lipinski definition) is 1. The number of carbonyl (C=O) groups is 2. The van der Waals surface area contributed by atoms with Crippen LogP contribution >= 0.6 is 11.3 Å². The highest BCUT2D eigenvalue weighted by atomic mass is 32.1. The Bertz CT molecular complexity index is 1180. The molecule has 4 rings (SSSR count). The second kappa shape index (κ2) is 10.3. The summed E-state index contributed by atoms with van der Waals surface area (Å²) in [5.41, 5.74) is 5.29. The number of amides is 2. The van der Waals surface area contributed by atoms with Crippen molar-refractivity contribution in [2.75, 3.05) is 6.54 Å². The van der Waals surface area contributed by atoms with Gasteiger partial charge < -0.3 is 19.5 Å². The van der Waals surface area contributed by atoms with Crippen LogP contribution in [0.15, 0.2) is 40.4 Å². The van der Waals surface area contributed by atoms with Crippen molar-refractivity contribution in [3.05, 3.63) is 58.6 Å². The van der Waals surface area contributed by atoms with E-state index in [1.807, 2.05) is 64.4 Å². The highest BCUT2D eigenvalue weighted by molar-refractivity contribution is 7.13. The molecule has 8 nitrogen and oxygen atoms in total. The van der Waals surface area contributed by atoms with Crippen LogP contribution in [0.5, 0.6) is 0 Å². The van der Waals surface area contributed by atoms with Crippen LogP contribution in [0.3, 0.4) is 0 Å². The second-order valence-corrected chi connectivity index (χ2v) is 10.8. The van der Waals surface area contributed by atoms with Crippen LogP contribution in [-0.2, 0) is 27.3 Å². The molecule has 0 saturated carbocycles. The molecule has 1 aliphatic rings. The van der Waals surface area contributed by atoms with Crippen molar-refractivity contribution in [2.45, 2.75) is 71.8 Å². The lowest BCUT2D eigenvalue weighted by Crippen LogP contribution is -2.46. The van der Waals surface area contributed by atoms with Gasteiger partial charge in [-0.3, -0.25) is 9.59 Å². The molecule has 35 heavy (non-hydrogen) atoms. The minimum absolute atomic E-state index is 0.0608. The van der Waals surface area contributed by atoms with Crippen molar-refractivity contribution in [1.82, 2.24) is 20.4 Å². The van der Waals surface area contributed by atoms with Crippen LogP contribution < -0.4 is 5.32 Å². The molecule has 1 N–H and O–H groups in total. The highest BCUT2D eigenvalue weighted by Crippen LogP contribution is 2.28. The van der Waals surface area contributed by atoms with Gasteiger partial charge in [-0.1, -0.05) is 29.4 Å². The number of likely N-dealkylation sites (tertiary alicyclic amines) is 1. The summed E-state index contributed by atoms with van der Waals surface area (Å²) >= 11 is 1.61. The molecular formula is C26H32N4O4S. The van der Waals surface area contributed by atoms with E-state index in [4.69, 9.17) is 9.26 Å². The maximum Gasteiger partial charge on any atom is 0.243 e. The molecule has 186 valence electrons. The zero-order chi connectivity index (χ0) is 25.2. The molecule has 1 aliphatic heterocycles. The smallest absolute Gasteiger partial charge is 0.243 e. The predicted octanol–water partition coefficient (Wildman–Crippen LogP) is 4.06. The first-order valence-electron chi connectivity index (χ1n) is 11.8. The number of aromatic nitrogens is 2. The normalized spacial score (nSPS) is 18.1. The number of ether oxygens (including phenoxy) is 1. The van der Waals surface area contributed by atoms with Crippen LogP contribution in [0.2, 0.25) is 0 Å². The SMILES string of the molecule is Cc1cc(CC(=O)N2CC(OC(C)(C)C)C[C@H]2C(=O)NCc2ccc(-c3scnc3C)cc2)on1. The number of benzene rings is 1. The first-order valence-corrected chi connectivity index (χ1v) is 12.6. The van der Waals surface area contributed by atoms with E-state index >= 15 is 0 Å². The minimum atomic E-state index is -0.599. The van der Waals surface area contributed by atoms with Gasteiger partial charge in [0.25, 0.3) is 0 Å². The fourth-order valence-electron chi connectivity index (χ4n) is 4.32. The summed E-state index contributed by atoms with van der Waals surface area (Å²) in [5, 5.41) is 6.86. The molecule has 2 atom stereocenters. The Balaban J connectivity index is 1.41. The van der Waals surface area contributed by atoms with Gasteiger partial charge in [0.05, 0.1) is 39.9 Å². The monoisotopic (exact) mass is 496 g/mol. The third kappa shape index (κ3) is 6.35. The lowest BCUT2D eigenvalue weighted by atomic mass is 10.1. The molecule has 3 heterocycles. The van der Waals surface area contributed by atoms with Gasteiger partial charge in [-0.15, -0.1) is 11.3 Å². The molecule has 0 aliphatic carbocycles. The van der Waals surface area contributed by atoms with Crippen LogP contribution in [0, 0.1) is 13.8 Å². The van der Waals surface area contributed by atoms with Crippen molar-refractivity contribution in [1.29, 1.82) is 0 Å². The third-order valence-electron chi connectivity index (χ3n) is 5.84. The topological polar surface area (TPSA) is 97.6 Å². The van der Waals surface area contributed by atoms with Gasteiger partial charge in [0.15, 0.2) is 0 Å². The first-order chi connectivity index (χ1) is 16.6. The van der Waals surface area contributed by atoms with Crippen LogP contribution in [0.1, 0.15) is 49.9 Å². The van der Waals surface area contributed by atoms with E-state index in [9.17, 15) is 9.59 Å². The fraction of sp³-hybridized carbons (Fsp3) is 0.462. The van der Waals surface area contributed by atoms with Crippen molar-refractivity contribution in [3.8, 4) is 10.4 Å². The van der Waals surface area contributed by atoms with E-state index in [-0.39, 0.29) is 29.9 Å². The maximum absolute atomic E-state index is 13.2. The van der Waals surface area contributed by atoms with Crippen molar-refractivity contribution in [3.63, 3.8) is 0 Å². The number of carbonyl (C=O) groups excluding carboxylic acids is 2. The molecule has 1 aromatic carbocycles. The molecule has 3 aromatic rings. The van der Waals surface area contributed by atoms with Gasteiger partial charge >= 0.3 is 0 Å². The van der Waals surface area contributed by atoms with Gasteiger partial charge in [0.2, 0.25) is 11.8 Å². The predicted molar refractivity (Wildman–Crippen MR) is 134 cm³/mol. The van der Waals surface area contributed by atoms with Gasteiger partial charge in [0.1, 0.15) is 11.8 Å². The number of hydrogen-bond acceptors (Lipinski definition) is 7. The van der Waals surface area contributed by atoms with Crippen LogP contribution in [0.25, 0.3) is 10.4 Å². The summed E-state index contributed by atoms with van der Waals surface area (Å²) in [6, 6.07) is 9.23. The average molecular weight is 497 g/mol.